The maximum atomic E-state index is 10.5. The molecule has 0 rings (SSSR count). The van der Waals surface area contributed by atoms with E-state index in [0.29, 0.717) is 0 Å². The average molecular weight is 177 g/mol. The third-order valence-electron chi connectivity index (χ3n) is 1.62. The van der Waals surface area contributed by atoms with Crippen LogP contribution in [0, 0.1) is 0 Å². The molecular weight excluding hydrogens is 162 g/mol. The molecule has 12 heavy (non-hydrogen) atoms. The van der Waals surface area contributed by atoms with Crippen molar-refractivity contribution in [3.8, 4) is 0 Å². The molecule has 72 valence electrons. The van der Waals surface area contributed by atoms with Gasteiger partial charge in [0.15, 0.2) is 0 Å². The number of rotatable bonds is 6. The van der Waals surface area contributed by atoms with Gasteiger partial charge in [-0.15, -0.1) is 0 Å². The minimum atomic E-state index is -1.15. The summed E-state index contributed by atoms with van der Waals surface area (Å²) in [5.41, 5.74) is -1.15. The zero-order chi connectivity index (χ0) is 9.61. The van der Waals surface area contributed by atoms with E-state index in [1.807, 2.05) is 0 Å². The summed E-state index contributed by atoms with van der Waals surface area (Å²) in [6.45, 7) is 0.180. The van der Waals surface area contributed by atoms with Crippen molar-refractivity contribution in [1.29, 1.82) is 0 Å². The zero-order valence-electron chi connectivity index (χ0n) is 7.08. The Kier molecular flexibility index (Phi) is 5.00. The van der Waals surface area contributed by atoms with Crippen molar-refractivity contribution in [3.05, 3.63) is 0 Å². The molecule has 4 N–H and O–H groups in total. The highest BCUT2D eigenvalue weighted by molar-refractivity contribution is 5.77. The molecule has 0 aromatic heterocycles. The lowest BCUT2D eigenvalue weighted by Crippen LogP contribution is -2.55. The standard InChI is InChI=1S/C7H15NO4/c1-6(12)2-8-7(3-9,4-10)5-11/h8-11H,2-5H2,1H3. The van der Waals surface area contributed by atoms with E-state index < -0.39 is 25.4 Å². The van der Waals surface area contributed by atoms with Gasteiger partial charge in [0.25, 0.3) is 0 Å². The summed E-state index contributed by atoms with van der Waals surface area (Å²) in [6, 6.07) is 0. The lowest BCUT2D eigenvalue weighted by molar-refractivity contribution is -0.116. The largest absolute Gasteiger partial charge is 0.394 e. The van der Waals surface area contributed by atoms with Crippen molar-refractivity contribution in [2.24, 2.45) is 0 Å². The van der Waals surface area contributed by atoms with Crippen molar-refractivity contribution in [1.82, 2.24) is 5.32 Å². The Hall–Kier alpha value is -0.490. The summed E-state index contributed by atoms with van der Waals surface area (Å²) in [4.78, 5) is 10.5. The second-order valence-electron chi connectivity index (χ2n) is 2.81. The van der Waals surface area contributed by atoms with E-state index >= 15 is 0 Å². The summed E-state index contributed by atoms with van der Waals surface area (Å²) < 4.78 is 0. The SMILES string of the molecule is CC(=O)CNC(CO)(CO)CO. The molecule has 0 aliphatic heterocycles. The van der Waals surface area contributed by atoms with Gasteiger partial charge < -0.3 is 15.3 Å². The molecule has 0 amide bonds. The van der Waals surface area contributed by atoms with Gasteiger partial charge in [-0.05, 0) is 6.92 Å². The number of carbonyl (C=O) groups excluding carboxylic acids is 1. The maximum Gasteiger partial charge on any atom is 0.143 e. The van der Waals surface area contributed by atoms with Crippen LogP contribution in [0.25, 0.3) is 0 Å². The highest BCUT2D eigenvalue weighted by atomic mass is 16.3. The van der Waals surface area contributed by atoms with Crippen molar-refractivity contribution < 1.29 is 20.1 Å². The van der Waals surface area contributed by atoms with E-state index in [2.05, 4.69) is 5.32 Å². The number of aliphatic hydroxyl groups is 3. The molecule has 0 spiro atoms. The molecule has 5 heteroatoms. The number of ketones is 1. The van der Waals surface area contributed by atoms with E-state index in [1.165, 1.54) is 6.92 Å². The number of nitrogens with one attached hydrogen (secondary N) is 1. The predicted molar refractivity (Wildman–Crippen MR) is 42.7 cm³/mol. The molecule has 0 aromatic rings. The van der Waals surface area contributed by atoms with Gasteiger partial charge in [0.1, 0.15) is 5.78 Å². The van der Waals surface area contributed by atoms with E-state index in [-0.39, 0.29) is 12.3 Å². The van der Waals surface area contributed by atoms with Gasteiger partial charge in [0.2, 0.25) is 0 Å². The van der Waals surface area contributed by atoms with Crippen LogP contribution in [0.3, 0.4) is 0 Å². The van der Waals surface area contributed by atoms with Crippen LogP contribution in [0.15, 0.2) is 0 Å². The molecule has 0 fully saturated rings. The maximum absolute atomic E-state index is 10.5. The second kappa shape index (κ2) is 5.21. The molecule has 0 unspecified atom stereocenters. The van der Waals surface area contributed by atoms with Gasteiger partial charge in [0, 0.05) is 0 Å². The molecule has 0 heterocycles. The second-order valence-corrected chi connectivity index (χ2v) is 2.81. The van der Waals surface area contributed by atoms with Crippen molar-refractivity contribution in [3.63, 3.8) is 0 Å². The van der Waals surface area contributed by atoms with Gasteiger partial charge in [-0.3, -0.25) is 10.1 Å². The van der Waals surface area contributed by atoms with Gasteiger partial charge in [-0.1, -0.05) is 0 Å². The first-order valence-corrected chi connectivity index (χ1v) is 3.67. The third kappa shape index (κ3) is 3.27. The molecule has 0 saturated carbocycles. The fraction of sp³-hybridized carbons (Fsp3) is 0.857. The normalized spacial score (nSPS) is 11.7. The fourth-order valence-electron chi connectivity index (χ4n) is 0.630. The highest BCUT2D eigenvalue weighted by Crippen LogP contribution is 2.00. The molecule has 0 aromatic carbocycles. The summed E-state index contributed by atoms with van der Waals surface area (Å²) in [7, 11) is 0. The van der Waals surface area contributed by atoms with Gasteiger partial charge in [0.05, 0.1) is 31.9 Å². The van der Waals surface area contributed by atoms with Crippen LogP contribution in [0.2, 0.25) is 0 Å². The molecule has 0 aliphatic carbocycles. The molecule has 0 bridgehead atoms. The molecule has 0 radical (unpaired) electrons. The van der Waals surface area contributed by atoms with Gasteiger partial charge in [-0.2, -0.15) is 0 Å². The molecule has 0 atom stereocenters. The Morgan fingerprint density at radius 2 is 1.67 bits per heavy atom. The predicted octanol–water partition coefficient (Wildman–Crippen LogP) is -2.12. The van der Waals surface area contributed by atoms with Gasteiger partial charge >= 0.3 is 0 Å². The van der Waals surface area contributed by atoms with Crippen molar-refractivity contribution in [2.45, 2.75) is 12.5 Å². The summed E-state index contributed by atoms with van der Waals surface area (Å²) >= 11 is 0. The molecule has 5 nitrogen and oxygen atoms in total. The zero-order valence-corrected chi connectivity index (χ0v) is 7.08. The van der Waals surface area contributed by atoms with Crippen LogP contribution >= 0.6 is 0 Å². The smallest absolute Gasteiger partial charge is 0.143 e. The van der Waals surface area contributed by atoms with Crippen LogP contribution in [-0.2, 0) is 4.79 Å². The van der Waals surface area contributed by atoms with E-state index in [4.69, 9.17) is 15.3 Å². The molecule has 0 saturated heterocycles. The summed E-state index contributed by atoms with van der Waals surface area (Å²) in [5, 5.41) is 29.0. The average Bonchev–Trinajstić information content (AvgIpc) is 2.08. The number of carbonyl (C=O) groups is 1. The quantitative estimate of drug-likeness (QED) is 0.372. The van der Waals surface area contributed by atoms with Crippen molar-refractivity contribution >= 4 is 5.78 Å². The highest BCUT2D eigenvalue weighted by Gasteiger charge is 2.27. The van der Waals surface area contributed by atoms with Crippen LogP contribution in [0.5, 0.6) is 0 Å². The van der Waals surface area contributed by atoms with E-state index in [1.54, 1.807) is 0 Å². The van der Waals surface area contributed by atoms with Crippen LogP contribution in [-0.4, -0.2) is 53.0 Å². The lowest BCUT2D eigenvalue weighted by Gasteiger charge is -2.28. The fourth-order valence-corrected chi connectivity index (χ4v) is 0.630. The first-order chi connectivity index (χ1) is 5.60. The monoisotopic (exact) mass is 177 g/mol. The Morgan fingerprint density at radius 1 is 1.25 bits per heavy atom. The summed E-state index contributed by atoms with van der Waals surface area (Å²) in [5.74, 6) is -0.116. The Balaban J connectivity index is 4.01. The van der Waals surface area contributed by atoms with Gasteiger partial charge in [-0.25, -0.2) is 0 Å². The van der Waals surface area contributed by atoms with E-state index in [9.17, 15) is 4.79 Å². The van der Waals surface area contributed by atoms with Crippen LogP contribution in [0.4, 0.5) is 0 Å². The Morgan fingerprint density at radius 3 is 1.92 bits per heavy atom. The Bertz CT molecular complexity index is 136. The third-order valence-corrected chi connectivity index (χ3v) is 1.62. The topological polar surface area (TPSA) is 89.8 Å². The van der Waals surface area contributed by atoms with E-state index in [0.717, 1.165) is 0 Å². The number of aliphatic hydroxyl groups excluding tert-OH is 3. The number of hydrogen-bond acceptors (Lipinski definition) is 5. The number of Topliss-reactive ketones (excluding diaryl/α,β-unsaturated/α-hetero) is 1. The first-order valence-electron chi connectivity index (χ1n) is 3.67. The number of hydrogen-bond donors (Lipinski definition) is 4. The van der Waals surface area contributed by atoms with Crippen molar-refractivity contribution in [2.75, 3.05) is 26.4 Å². The summed E-state index contributed by atoms with van der Waals surface area (Å²) in [6.07, 6.45) is 0. The first kappa shape index (κ1) is 11.5. The minimum Gasteiger partial charge on any atom is -0.394 e. The molecule has 0 aliphatic rings. The Labute approximate surface area is 71.0 Å². The molecular formula is C7H15NO4. The van der Waals surface area contributed by atoms with Crippen LogP contribution < -0.4 is 5.32 Å². The minimum absolute atomic E-state index is 0.0294. The lowest BCUT2D eigenvalue weighted by atomic mass is 10.0. The van der Waals surface area contributed by atoms with Crippen LogP contribution in [0.1, 0.15) is 6.92 Å².